The van der Waals surface area contributed by atoms with Gasteiger partial charge in [0.2, 0.25) is 5.91 Å². The van der Waals surface area contributed by atoms with Gasteiger partial charge < -0.3 is 20.7 Å². The van der Waals surface area contributed by atoms with Gasteiger partial charge in [0, 0.05) is 13.1 Å². The van der Waals surface area contributed by atoms with Crippen LogP contribution in [0.1, 0.15) is 13.8 Å². The Morgan fingerprint density at radius 2 is 2.06 bits per heavy atom. The summed E-state index contributed by atoms with van der Waals surface area (Å²) in [5.74, 6) is -1.19. The summed E-state index contributed by atoms with van der Waals surface area (Å²) in [5, 5.41) is 2.58. The summed E-state index contributed by atoms with van der Waals surface area (Å²) in [4.78, 5) is 24.5. The summed E-state index contributed by atoms with van der Waals surface area (Å²) < 4.78 is 4.64. The number of rotatable bonds is 7. The molecule has 0 aliphatic carbocycles. The molecule has 0 rings (SSSR count). The van der Waals surface area contributed by atoms with Crippen molar-refractivity contribution in [2.45, 2.75) is 19.9 Å². The highest BCUT2D eigenvalue weighted by molar-refractivity contribution is 6.01. The first-order chi connectivity index (χ1) is 7.52. The van der Waals surface area contributed by atoms with E-state index in [0.29, 0.717) is 6.54 Å². The van der Waals surface area contributed by atoms with Crippen LogP contribution in [0.2, 0.25) is 0 Å². The number of hydrogen-bond acceptors (Lipinski definition) is 5. The third-order valence-corrected chi connectivity index (χ3v) is 2.16. The Morgan fingerprint density at radius 1 is 1.44 bits per heavy atom. The topological polar surface area (TPSA) is 84.7 Å². The van der Waals surface area contributed by atoms with E-state index in [1.807, 2.05) is 18.9 Å². The van der Waals surface area contributed by atoms with Gasteiger partial charge in [0.05, 0.1) is 6.61 Å². The molecule has 0 radical (unpaired) electrons. The Labute approximate surface area is 96.1 Å². The van der Waals surface area contributed by atoms with Crippen LogP contribution < -0.4 is 11.1 Å². The molecule has 16 heavy (non-hydrogen) atoms. The number of carbonyl (C=O) groups is 2. The molecular weight excluding hydrogens is 210 g/mol. The van der Waals surface area contributed by atoms with E-state index in [4.69, 9.17) is 5.73 Å². The van der Waals surface area contributed by atoms with Crippen LogP contribution in [-0.4, -0.2) is 56.1 Å². The number of nitrogens with zero attached hydrogens (tertiary/aromatic N) is 1. The Kier molecular flexibility index (Phi) is 7.49. The first-order valence-corrected chi connectivity index (χ1v) is 5.41. The molecular formula is C10H21N3O3. The molecule has 0 bridgehead atoms. The zero-order chi connectivity index (χ0) is 12.6. The van der Waals surface area contributed by atoms with Gasteiger partial charge in [-0.05, 0) is 20.5 Å². The smallest absolute Gasteiger partial charge is 0.332 e. The Hall–Kier alpha value is -1.14. The Bertz CT molecular complexity index is 233. The predicted molar refractivity (Wildman–Crippen MR) is 60.8 cm³/mol. The van der Waals surface area contributed by atoms with Crippen molar-refractivity contribution in [1.82, 2.24) is 10.2 Å². The van der Waals surface area contributed by atoms with Crippen molar-refractivity contribution in [3.8, 4) is 0 Å². The number of carbonyl (C=O) groups excluding carboxylic acids is 2. The van der Waals surface area contributed by atoms with Crippen LogP contribution in [0.4, 0.5) is 0 Å². The maximum atomic E-state index is 11.4. The molecule has 0 aliphatic heterocycles. The van der Waals surface area contributed by atoms with E-state index in [2.05, 4.69) is 10.1 Å². The van der Waals surface area contributed by atoms with Crippen LogP contribution >= 0.6 is 0 Å². The van der Waals surface area contributed by atoms with Crippen LogP contribution in [0.5, 0.6) is 0 Å². The van der Waals surface area contributed by atoms with Crippen molar-refractivity contribution >= 4 is 11.9 Å². The second-order valence-electron chi connectivity index (χ2n) is 3.42. The number of nitrogens with two attached hydrogens (primary N) is 1. The number of hydrogen-bond donors (Lipinski definition) is 2. The molecule has 0 heterocycles. The normalized spacial score (nSPS) is 12.3. The van der Waals surface area contributed by atoms with Gasteiger partial charge in [0.15, 0.2) is 6.04 Å². The van der Waals surface area contributed by atoms with Crippen LogP contribution in [0.25, 0.3) is 0 Å². The maximum absolute atomic E-state index is 11.4. The second kappa shape index (κ2) is 8.06. The summed E-state index contributed by atoms with van der Waals surface area (Å²) >= 11 is 0. The zero-order valence-corrected chi connectivity index (χ0v) is 10.2. The van der Waals surface area contributed by atoms with Gasteiger partial charge in [-0.2, -0.15) is 0 Å². The average molecular weight is 231 g/mol. The van der Waals surface area contributed by atoms with Gasteiger partial charge in [-0.3, -0.25) is 4.79 Å². The average Bonchev–Trinajstić information content (AvgIpc) is 2.27. The van der Waals surface area contributed by atoms with E-state index >= 15 is 0 Å². The second-order valence-corrected chi connectivity index (χ2v) is 3.42. The predicted octanol–water partition coefficient (Wildman–Crippen LogP) is -1.06. The number of nitrogens with one attached hydrogen (secondary N) is 1. The van der Waals surface area contributed by atoms with Crippen molar-refractivity contribution in [3.63, 3.8) is 0 Å². The lowest BCUT2D eigenvalue weighted by molar-refractivity contribution is -0.147. The lowest BCUT2D eigenvalue weighted by Crippen LogP contribution is -2.48. The maximum Gasteiger partial charge on any atom is 0.332 e. The molecule has 0 spiro atoms. The highest BCUT2D eigenvalue weighted by atomic mass is 16.5. The standard InChI is InChI=1S/C10H21N3O3/c1-4-13(3)7-6-12-9(14)8(11)10(15)16-5-2/h8H,4-7,11H2,1-3H3,(H,12,14). The molecule has 0 aromatic rings. The fraction of sp³-hybridized carbons (Fsp3) is 0.800. The molecule has 0 aliphatic rings. The zero-order valence-electron chi connectivity index (χ0n) is 10.2. The molecule has 0 saturated carbocycles. The number of ether oxygens (including phenoxy) is 1. The summed E-state index contributed by atoms with van der Waals surface area (Å²) in [6.45, 7) is 6.00. The van der Waals surface area contributed by atoms with Crippen molar-refractivity contribution in [1.29, 1.82) is 0 Å². The highest BCUT2D eigenvalue weighted by Crippen LogP contribution is 1.86. The molecule has 1 unspecified atom stereocenters. The van der Waals surface area contributed by atoms with Crippen molar-refractivity contribution in [2.24, 2.45) is 5.73 Å². The van der Waals surface area contributed by atoms with Crippen LogP contribution in [0.15, 0.2) is 0 Å². The van der Waals surface area contributed by atoms with Crippen LogP contribution in [0, 0.1) is 0 Å². The molecule has 3 N–H and O–H groups in total. The lowest BCUT2D eigenvalue weighted by atomic mass is 10.3. The number of likely N-dealkylation sites (N-methyl/N-ethyl adjacent to an activating group) is 1. The van der Waals surface area contributed by atoms with E-state index in [0.717, 1.165) is 13.1 Å². The van der Waals surface area contributed by atoms with E-state index in [-0.39, 0.29) is 6.61 Å². The summed E-state index contributed by atoms with van der Waals surface area (Å²) in [7, 11) is 1.94. The van der Waals surface area contributed by atoms with Crippen molar-refractivity contribution in [2.75, 3.05) is 33.3 Å². The molecule has 0 aromatic carbocycles. The van der Waals surface area contributed by atoms with Gasteiger partial charge in [0.1, 0.15) is 0 Å². The summed E-state index contributed by atoms with van der Waals surface area (Å²) in [6.07, 6.45) is 0. The quantitative estimate of drug-likeness (QED) is 0.431. The van der Waals surface area contributed by atoms with Gasteiger partial charge in [0.25, 0.3) is 0 Å². The van der Waals surface area contributed by atoms with E-state index in [1.165, 1.54) is 0 Å². The first kappa shape index (κ1) is 14.9. The fourth-order valence-corrected chi connectivity index (χ4v) is 0.977. The van der Waals surface area contributed by atoms with E-state index in [1.54, 1.807) is 6.92 Å². The van der Waals surface area contributed by atoms with Gasteiger partial charge >= 0.3 is 5.97 Å². The van der Waals surface area contributed by atoms with E-state index in [9.17, 15) is 9.59 Å². The van der Waals surface area contributed by atoms with Crippen LogP contribution in [0.3, 0.4) is 0 Å². The largest absolute Gasteiger partial charge is 0.464 e. The SMILES string of the molecule is CCOC(=O)C(N)C(=O)NCCN(C)CC. The molecule has 1 atom stereocenters. The number of esters is 1. The first-order valence-electron chi connectivity index (χ1n) is 5.41. The molecule has 6 nitrogen and oxygen atoms in total. The molecule has 94 valence electrons. The number of amides is 1. The summed E-state index contributed by atoms with van der Waals surface area (Å²) in [5.41, 5.74) is 5.40. The highest BCUT2D eigenvalue weighted by Gasteiger charge is 2.22. The third kappa shape index (κ3) is 5.67. The Morgan fingerprint density at radius 3 is 2.56 bits per heavy atom. The van der Waals surface area contributed by atoms with E-state index < -0.39 is 17.9 Å². The minimum absolute atomic E-state index is 0.221. The van der Waals surface area contributed by atoms with Crippen molar-refractivity contribution < 1.29 is 14.3 Å². The Balaban J connectivity index is 3.83. The van der Waals surface area contributed by atoms with Gasteiger partial charge in [-0.15, -0.1) is 0 Å². The third-order valence-electron chi connectivity index (χ3n) is 2.16. The van der Waals surface area contributed by atoms with Gasteiger partial charge in [-0.1, -0.05) is 6.92 Å². The monoisotopic (exact) mass is 231 g/mol. The molecule has 0 aromatic heterocycles. The minimum atomic E-state index is -1.23. The lowest BCUT2D eigenvalue weighted by Gasteiger charge is -2.15. The van der Waals surface area contributed by atoms with Crippen molar-refractivity contribution in [3.05, 3.63) is 0 Å². The molecule has 6 heteroatoms. The van der Waals surface area contributed by atoms with Gasteiger partial charge in [-0.25, -0.2) is 4.79 Å². The molecule has 1 amide bonds. The molecule has 0 saturated heterocycles. The van der Waals surface area contributed by atoms with Crippen LogP contribution in [-0.2, 0) is 14.3 Å². The fourth-order valence-electron chi connectivity index (χ4n) is 0.977. The minimum Gasteiger partial charge on any atom is -0.464 e. The molecule has 0 fully saturated rings. The summed E-state index contributed by atoms with van der Waals surface area (Å²) in [6, 6.07) is -1.23.